The van der Waals surface area contributed by atoms with Crippen molar-refractivity contribution >= 4 is 0 Å². The molecule has 0 aromatic carbocycles. The highest BCUT2D eigenvalue weighted by Crippen LogP contribution is 2.31. The summed E-state index contributed by atoms with van der Waals surface area (Å²) in [6.45, 7) is 0. The summed E-state index contributed by atoms with van der Waals surface area (Å²) in [7, 11) is 0. The highest BCUT2D eigenvalue weighted by Gasteiger charge is 2.60. The van der Waals surface area contributed by atoms with Crippen LogP contribution in [0.2, 0.25) is 0 Å². The van der Waals surface area contributed by atoms with E-state index in [1.165, 1.54) is 0 Å². The van der Waals surface area contributed by atoms with Gasteiger partial charge in [-0.3, -0.25) is 4.84 Å². The van der Waals surface area contributed by atoms with Gasteiger partial charge in [0.05, 0.1) is 0 Å². The molecule has 0 saturated heterocycles. The molecular weight excluding hydrogens is 230 g/mol. The number of aliphatic hydroxyl groups is 6. The topological polar surface area (TPSA) is 174 Å². The van der Waals surface area contributed by atoms with E-state index in [4.69, 9.17) is 15.3 Å². The lowest BCUT2D eigenvalue weighted by molar-refractivity contribution is -0.804. The molecule has 6 N–H and O–H groups in total. The molecule has 1 aliphatic rings. The van der Waals surface area contributed by atoms with Crippen LogP contribution in [0.5, 0.6) is 0 Å². The van der Waals surface area contributed by atoms with Gasteiger partial charge in [-0.05, 0) is 0 Å². The van der Waals surface area contributed by atoms with E-state index < -0.39 is 41.4 Å². The van der Waals surface area contributed by atoms with Gasteiger partial charge >= 0.3 is 0 Å². The second-order valence-corrected chi connectivity index (χ2v) is 3.43. The van der Waals surface area contributed by atoms with Crippen LogP contribution in [0.25, 0.3) is 0 Å². The molecule has 0 amide bonds. The number of rotatable bonds is 2. The second kappa shape index (κ2) is 4.08. The molecule has 1 rings (SSSR count). The molecule has 0 bridgehead atoms. The number of hydrogen-bond donors (Lipinski definition) is 6. The van der Waals surface area contributed by atoms with Crippen molar-refractivity contribution in [3.63, 3.8) is 0 Å². The maximum Gasteiger partial charge on any atom is 0.297 e. The molecule has 16 heavy (non-hydrogen) atoms. The molecule has 0 aliphatic heterocycles. The monoisotopic (exact) mass is 241 g/mol. The second-order valence-electron chi connectivity index (χ2n) is 3.43. The van der Waals surface area contributed by atoms with Crippen LogP contribution in [0.4, 0.5) is 0 Å². The molecule has 6 atom stereocenters. The zero-order valence-corrected chi connectivity index (χ0v) is 7.74. The largest absolute Gasteiger partial charge is 0.387 e. The standard InChI is InChI=1S/C6H11NO9/c8-1-2(9)4(11)6(13,16-7(14)15)5(12)3(1)10/h1-5,8-13H/t1?,2-,3+,4-,5-,6?/m1/s1. The van der Waals surface area contributed by atoms with Crippen molar-refractivity contribution in [2.24, 2.45) is 0 Å². The van der Waals surface area contributed by atoms with Crippen molar-refractivity contribution in [1.29, 1.82) is 0 Å². The normalized spacial score (nSPS) is 48.8. The lowest BCUT2D eigenvalue weighted by Gasteiger charge is -2.45. The third-order valence-electron chi connectivity index (χ3n) is 2.42. The smallest absolute Gasteiger partial charge is 0.297 e. The van der Waals surface area contributed by atoms with Crippen LogP contribution < -0.4 is 0 Å². The van der Waals surface area contributed by atoms with Gasteiger partial charge in [-0.15, -0.1) is 10.1 Å². The molecule has 94 valence electrons. The molecule has 1 fully saturated rings. The van der Waals surface area contributed by atoms with Gasteiger partial charge in [-0.2, -0.15) is 0 Å². The Morgan fingerprint density at radius 2 is 1.38 bits per heavy atom. The van der Waals surface area contributed by atoms with E-state index in [0.717, 1.165) is 0 Å². The van der Waals surface area contributed by atoms with Crippen LogP contribution in [-0.4, -0.2) is 72.0 Å². The average Bonchev–Trinajstić information content (AvgIpc) is 2.21. The first-order chi connectivity index (χ1) is 7.21. The van der Waals surface area contributed by atoms with Crippen LogP contribution in [0.15, 0.2) is 0 Å². The Kier molecular flexibility index (Phi) is 3.33. The van der Waals surface area contributed by atoms with Crippen LogP contribution in [-0.2, 0) is 4.84 Å². The summed E-state index contributed by atoms with van der Waals surface area (Å²) in [5, 5.41) is 63.8. The van der Waals surface area contributed by atoms with Gasteiger partial charge in [0.2, 0.25) is 0 Å². The van der Waals surface area contributed by atoms with Crippen LogP contribution >= 0.6 is 0 Å². The van der Waals surface area contributed by atoms with Gasteiger partial charge in [0, 0.05) is 0 Å². The Morgan fingerprint density at radius 3 is 1.69 bits per heavy atom. The van der Waals surface area contributed by atoms with Crippen molar-refractivity contribution in [3.8, 4) is 0 Å². The van der Waals surface area contributed by atoms with Crippen LogP contribution in [0.1, 0.15) is 0 Å². The summed E-state index contributed by atoms with van der Waals surface area (Å²) < 4.78 is 0. The number of nitrogens with zero attached hydrogens (tertiary/aromatic N) is 1. The van der Waals surface area contributed by atoms with Crippen LogP contribution in [0, 0.1) is 10.1 Å². The summed E-state index contributed by atoms with van der Waals surface area (Å²) in [6, 6.07) is 0. The predicted octanol–water partition coefficient (Wildman–Crippen LogP) is -4.30. The Balaban J connectivity index is 3.02. The Hall–Kier alpha value is -1.04. The van der Waals surface area contributed by atoms with Gasteiger partial charge in [0.25, 0.3) is 10.9 Å². The lowest BCUT2D eigenvalue weighted by Crippen LogP contribution is -2.72. The van der Waals surface area contributed by atoms with Crippen molar-refractivity contribution in [3.05, 3.63) is 10.1 Å². The first kappa shape index (κ1) is 13.0. The van der Waals surface area contributed by atoms with Crippen molar-refractivity contribution < 1.29 is 40.6 Å². The van der Waals surface area contributed by atoms with E-state index in [-0.39, 0.29) is 0 Å². The first-order valence-corrected chi connectivity index (χ1v) is 4.18. The highest BCUT2D eigenvalue weighted by molar-refractivity contribution is 5.03. The summed E-state index contributed by atoms with van der Waals surface area (Å²) in [5.74, 6) is -3.21. The average molecular weight is 241 g/mol. The Bertz CT molecular complexity index is 267. The fraction of sp³-hybridized carbons (Fsp3) is 1.00. The number of aliphatic hydroxyl groups excluding tert-OH is 5. The molecule has 10 nitrogen and oxygen atoms in total. The molecule has 0 aromatic rings. The fourth-order valence-corrected chi connectivity index (χ4v) is 1.47. The van der Waals surface area contributed by atoms with E-state index in [1.54, 1.807) is 0 Å². The summed E-state index contributed by atoms with van der Waals surface area (Å²) in [5.41, 5.74) is 0. The minimum absolute atomic E-state index is 1.51. The molecular formula is C6H11NO9. The summed E-state index contributed by atoms with van der Waals surface area (Å²) in [6.07, 6.45) is -10.9. The molecule has 2 unspecified atom stereocenters. The molecule has 0 radical (unpaired) electrons. The summed E-state index contributed by atoms with van der Waals surface area (Å²) >= 11 is 0. The summed E-state index contributed by atoms with van der Waals surface area (Å²) in [4.78, 5) is 13.7. The molecule has 1 saturated carbocycles. The van der Waals surface area contributed by atoms with Crippen LogP contribution in [0.3, 0.4) is 0 Å². The quantitative estimate of drug-likeness (QED) is 0.159. The molecule has 0 heterocycles. The van der Waals surface area contributed by atoms with E-state index >= 15 is 0 Å². The Labute approximate surface area is 88.0 Å². The van der Waals surface area contributed by atoms with E-state index in [2.05, 4.69) is 4.84 Å². The van der Waals surface area contributed by atoms with Gasteiger partial charge in [-0.25, -0.2) is 0 Å². The molecule has 0 spiro atoms. The van der Waals surface area contributed by atoms with E-state index in [9.17, 15) is 25.4 Å². The predicted molar refractivity (Wildman–Crippen MR) is 43.1 cm³/mol. The van der Waals surface area contributed by atoms with Gasteiger partial charge in [-0.1, -0.05) is 0 Å². The van der Waals surface area contributed by atoms with Crippen molar-refractivity contribution in [1.82, 2.24) is 0 Å². The SMILES string of the molecule is O=[N+]([O-])OC1(O)[C@H](O)[C@H](O)C(O)[C@H](O)[C@H]1O. The van der Waals surface area contributed by atoms with E-state index in [0.29, 0.717) is 0 Å². The van der Waals surface area contributed by atoms with Crippen molar-refractivity contribution in [2.45, 2.75) is 36.3 Å². The zero-order valence-electron chi connectivity index (χ0n) is 7.74. The fourth-order valence-electron chi connectivity index (χ4n) is 1.47. The Morgan fingerprint density at radius 1 is 1.00 bits per heavy atom. The lowest BCUT2D eigenvalue weighted by atomic mass is 9.82. The first-order valence-electron chi connectivity index (χ1n) is 4.18. The minimum Gasteiger partial charge on any atom is -0.387 e. The van der Waals surface area contributed by atoms with Gasteiger partial charge < -0.3 is 30.6 Å². The van der Waals surface area contributed by atoms with Crippen molar-refractivity contribution in [2.75, 3.05) is 0 Å². The zero-order chi connectivity index (χ0) is 12.7. The third-order valence-corrected chi connectivity index (χ3v) is 2.42. The minimum atomic E-state index is -3.21. The third kappa shape index (κ3) is 1.81. The molecule has 1 aliphatic carbocycles. The maximum absolute atomic E-state index is 10.0. The molecule has 10 heteroatoms. The maximum atomic E-state index is 10.0. The van der Waals surface area contributed by atoms with Gasteiger partial charge in [0.15, 0.2) is 0 Å². The van der Waals surface area contributed by atoms with E-state index in [1.807, 2.05) is 0 Å². The molecule has 0 aromatic heterocycles. The van der Waals surface area contributed by atoms with Gasteiger partial charge in [0.1, 0.15) is 30.5 Å². The number of hydrogen-bond acceptors (Lipinski definition) is 9. The highest BCUT2D eigenvalue weighted by atomic mass is 17.0.